The molecule has 6 heteroatoms. The summed E-state index contributed by atoms with van der Waals surface area (Å²) in [6.45, 7) is 4.19. The Morgan fingerprint density at radius 3 is 2.65 bits per heavy atom. The molecular formula is C11H17Cl2N3O. The van der Waals surface area contributed by atoms with E-state index in [2.05, 4.69) is 10.3 Å². The summed E-state index contributed by atoms with van der Waals surface area (Å²) < 4.78 is 0. The Balaban J connectivity index is 0.00000256. The highest BCUT2D eigenvalue weighted by atomic mass is 35.5. The maximum atomic E-state index is 11.5. The predicted molar refractivity (Wildman–Crippen MR) is 71.2 cm³/mol. The van der Waals surface area contributed by atoms with Crippen molar-refractivity contribution in [2.75, 3.05) is 0 Å². The molecule has 0 unspecified atom stereocenters. The van der Waals surface area contributed by atoms with Crippen molar-refractivity contribution in [1.29, 1.82) is 0 Å². The van der Waals surface area contributed by atoms with E-state index < -0.39 is 6.04 Å². The number of carbonyl (C=O) groups excluding carboxylic acids is 1. The molecule has 17 heavy (non-hydrogen) atoms. The third-order valence-corrected chi connectivity index (χ3v) is 2.48. The van der Waals surface area contributed by atoms with E-state index in [0.29, 0.717) is 11.6 Å². The van der Waals surface area contributed by atoms with E-state index in [1.165, 1.54) is 0 Å². The van der Waals surface area contributed by atoms with Crippen LogP contribution in [0.25, 0.3) is 0 Å². The minimum absolute atomic E-state index is 0. The Morgan fingerprint density at radius 1 is 1.53 bits per heavy atom. The van der Waals surface area contributed by atoms with Crippen LogP contribution in [0.15, 0.2) is 18.3 Å². The first-order valence-electron chi connectivity index (χ1n) is 5.14. The van der Waals surface area contributed by atoms with E-state index in [-0.39, 0.29) is 24.2 Å². The summed E-state index contributed by atoms with van der Waals surface area (Å²) in [5, 5.41) is 3.31. The normalized spacial score (nSPS) is 11.8. The second-order valence-electron chi connectivity index (χ2n) is 3.96. The van der Waals surface area contributed by atoms with E-state index in [9.17, 15) is 4.79 Å². The molecule has 0 spiro atoms. The van der Waals surface area contributed by atoms with Crippen molar-refractivity contribution >= 4 is 29.9 Å². The molecule has 0 aliphatic rings. The molecule has 0 saturated carbocycles. The lowest BCUT2D eigenvalue weighted by Gasteiger charge is -2.14. The molecule has 96 valence electrons. The summed E-state index contributed by atoms with van der Waals surface area (Å²) in [4.78, 5) is 15.6. The van der Waals surface area contributed by atoms with Crippen molar-refractivity contribution in [3.63, 3.8) is 0 Å². The molecule has 1 aromatic heterocycles. The van der Waals surface area contributed by atoms with Crippen LogP contribution in [0.2, 0.25) is 5.02 Å². The molecule has 0 bridgehead atoms. The van der Waals surface area contributed by atoms with Gasteiger partial charge in [-0.25, -0.2) is 0 Å². The first kappa shape index (κ1) is 16.2. The van der Waals surface area contributed by atoms with Gasteiger partial charge in [0.25, 0.3) is 0 Å². The fourth-order valence-corrected chi connectivity index (χ4v) is 1.22. The van der Waals surface area contributed by atoms with Gasteiger partial charge < -0.3 is 11.1 Å². The molecule has 1 amide bonds. The minimum atomic E-state index is -0.479. The molecule has 0 fully saturated rings. The minimum Gasteiger partial charge on any atom is -0.349 e. The molecule has 0 saturated heterocycles. The molecule has 1 heterocycles. The van der Waals surface area contributed by atoms with Crippen LogP contribution < -0.4 is 11.1 Å². The van der Waals surface area contributed by atoms with Crippen LogP contribution in [-0.2, 0) is 11.3 Å². The highest BCUT2D eigenvalue weighted by molar-refractivity contribution is 6.30. The zero-order chi connectivity index (χ0) is 12.1. The smallest absolute Gasteiger partial charge is 0.237 e. The number of pyridine rings is 1. The van der Waals surface area contributed by atoms with Gasteiger partial charge in [0.15, 0.2) is 0 Å². The van der Waals surface area contributed by atoms with Crippen molar-refractivity contribution < 1.29 is 4.79 Å². The van der Waals surface area contributed by atoms with Gasteiger partial charge in [0.05, 0.1) is 23.3 Å². The topological polar surface area (TPSA) is 68.0 Å². The van der Waals surface area contributed by atoms with Gasteiger partial charge >= 0.3 is 0 Å². The Hall–Kier alpha value is -0.840. The van der Waals surface area contributed by atoms with E-state index in [4.69, 9.17) is 17.3 Å². The monoisotopic (exact) mass is 277 g/mol. The average molecular weight is 278 g/mol. The van der Waals surface area contributed by atoms with Gasteiger partial charge in [-0.1, -0.05) is 25.4 Å². The molecule has 1 rings (SSSR count). The molecule has 3 N–H and O–H groups in total. The van der Waals surface area contributed by atoms with Crippen molar-refractivity contribution in [1.82, 2.24) is 10.3 Å². The van der Waals surface area contributed by atoms with Crippen molar-refractivity contribution in [3.8, 4) is 0 Å². The van der Waals surface area contributed by atoms with Crippen LogP contribution in [0, 0.1) is 5.92 Å². The van der Waals surface area contributed by atoms with E-state index in [0.717, 1.165) is 5.69 Å². The van der Waals surface area contributed by atoms with Gasteiger partial charge in [-0.15, -0.1) is 12.4 Å². The number of nitrogens with two attached hydrogens (primary N) is 1. The van der Waals surface area contributed by atoms with E-state index >= 15 is 0 Å². The third-order valence-electron chi connectivity index (χ3n) is 2.25. The second-order valence-corrected chi connectivity index (χ2v) is 4.39. The zero-order valence-electron chi connectivity index (χ0n) is 9.81. The van der Waals surface area contributed by atoms with Crippen LogP contribution >= 0.6 is 24.0 Å². The molecule has 1 atom stereocenters. The summed E-state index contributed by atoms with van der Waals surface area (Å²) in [5.41, 5.74) is 6.45. The molecule has 0 aliphatic carbocycles. The number of nitrogens with zero attached hydrogens (tertiary/aromatic N) is 1. The van der Waals surface area contributed by atoms with Gasteiger partial charge in [0, 0.05) is 6.20 Å². The second kappa shape index (κ2) is 7.48. The number of carbonyl (C=O) groups is 1. The van der Waals surface area contributed by atoms with E-state index in [1.54, 1.807) is 18.3 Å². The van der Waals surface area contributed by atoms with Crippen molar-refractivity contribution in [2.45, 2.75) is 26.4 Å². The highest BCUT2D eigenvalue weighted by Gasteiger charge is 2.16. The largest absolute Gasteiger partial charge is 0.349 e. The first-order chi connectivity index (χ1) is 7.50. The highest BCUT2D eigenvalue weighted by Crippen LogP contribution is 2.06. The van der Waals surface area contributed by atoms with Gasteiger partial charge in [-0.2, -0.15) is 0 Å². The fourth-order valence-electron chi connectivity index (χ4n) is 1.11. The number of halogens is 2. The summed E-state index contributed by atoms with van der Waals surface area (Å²) in [6, 6.07) is 3.02. The van der Waals surface area contributed by atoms with Gasteiger partial charge in [0.1, 0.15) is 0 Å². The molecule has 0 aromatic carbocycles. The third kappa shape index (κ3) is 5.35. The molecule has 0 aliphatic heterocycles. The number of hydrogen-bond acceptors (Lipinski definition) is 3. The Kier molecular flexibility index (Phi) is 7.11. The number of aromatic nitrogens is 1. The zero-order valence-corrected chi connectivity index (χ0v) is 11.4. The molecule has 1 aromatic rings. The van der Waals surface area contributed by atoms with Crippen molar-refractivity contribution in [2.24, 2.45) is 11.7 Å². The van der Waals surface area contributed by atoms with Gasteiger partial charge in [0.2, 0.25) is 5.91 Å². The summed E-state index contributed by atoms with van der Waals surface area (Å²) in [5.74, 6) is -0.0371. The molecule has 0 radical (unpaired) electrons. The maximum Gasteiger partial charge on any atom is 0.237 e. The Bertz CT molecular complexity index is 354. The summed E-state index contributed by atoms with van der Waals surface area (Å²) in [7, 11) is 0. The van der Waals surface area contributed by atoms with E-state index in [1.807, 2.05) is 13.8 Å². The van der Waals surface area contributed by atoms with Crippen LogP contribution in [0.5, 0.6) is 0 Å². The fraction of sp³-hybridized carbons (Fsp3) is 0.455. The van der Waals surface area contributed by atoms with Crippen LogP contribution in [-0.4, -0.2) is 16.9 Å². The van der Waals surface area contributed by atoms with Gasteiger partial charge in [-0.3, -0.25) is 9.78 Å². The molecule has 4 nitrogen and oxygen atoms in total. The first-order valence-corrected chi connectivity index (χ1v) is 5.52. The quantitative estimate of drug-likeness (QED) is 0.881. The number of amides is 1. The lowest BCUT2D eigenvalue weighted by Crippen LogP contribution is -2.43. The Labute approximate surface area is 112 Å². The van der Waals surface area contributed by atoms with Gasteiger partial charge in [-0.05, 0) is 18.1 Å². The standard InChI is InChI=1S/C11H16ClN3O.ClH/c1-7(2)10(13)11(16)15-6-9-4-3-8(12)5-14-9;/h3-5,7,10H,6,13H2,1-2H3,(H,15,16);1H/t10-;/m0./s1. The number of hydrogen-bond donors (Lipinski definition) is 2. The van der Waals surface area contributed by atoms with Crippen LogP contribution in [0.3, 0.4) is 0 Å². The SMILES string of the molecule is CC(C)[C@H](N)C(=O)NCc1ccc(Cl)cn1.Cl. The van der Waals surface area contributed by atoms with Crippen LogP contribution in [0.1, 0.15) is 19.5 Å². The number of nitrogens with one attached hydrogen (secondary N) is 1. The van der Waals surface area contributed by atoms with Crippen molar-refractivity contribution in [3.05, 3.63) is 29.0 Å². The van der Waals surface area contributed by atoms with Crippen LogP contribution in [0.4, 0.5) is 0 Å². The average Bonchev–Trinajstić information content (AvgIpc) is 2.26. The lowest BCUT2D eigenvalue weighted by atomic mass is 10.1. The number of rotatable bonds is 4. The summed E-state index contributed by atoms with van der Waals surface area (Å²) >= 11 is 5.70. The molecular weight excluding hydrogens is 261 g/mol. The maximum absolute atomic E-state index is 11.5. The Morgan fingerprint density at radius 2 is 2.18 bits per heavy atom. The predicted octanol–water partition coefficient (Wildman–Crippen LogP) is 1.76. The lowest BCUT2D eigenvalue weighted by molar-refractivity contribution is -0.123. The summed E-state index contributed by atoms with van der Waals surface area (Å²) in [6.07, 6.45) is 1.55.